The van der Waals surface area contributed by atoms with Crippen LogP contribution in [0.15, 0.2) is 22.7 Å². The van der Waals surface area contributed by atoms with Gasteiger partial charge in [0.1, 0.15) is 6.04 Å². The average Bonchev–Trinajstić information content (AvgIpc) is 2.30. The van der Waals surface area contributed by atoms with Gasteiger partial charge in [0.15, 0.2) is 0 Å². The van der Waals surface area contributed by atoms with Crippen molar-refractivity contribution in [2.24, 2.45) is 0 Å². The monoisotopic (exact) mass is 335 g/mol. The van der Waals surface area contributed by atoms with Crippen LogP contribution < -0.4 is 5.32 Å². The fourth-order valence-electron chi connectivity index (χ4n) is 1.47. The first kappa shape index (κ1) is 15.6. The van der Waals surface area contributed by atoms with Gasteiger partial charge in [-0.05, 0) is 24.6 Å². The molecular weight excluding hydrogens is 324 g/mol. The van der Waals surface area contributed by atoms with Gasteiger partial charge in [-0.25, -0.2) is 13.6 Å². The minimum atomic E-state index is -2.80. The van der Waals surface area contributed by atoms with E-state index >= 15 is 0 Å². The van der Waals surface area contributed by atoms with Crippen LogP contribution in [-0.2, 0) is 4.79 Å². The maximum Gasteiger partial charge on any atom is 0.326 e. The fourth-order valence-corrected chi connectivity index (χ4v) is 1.84. The third-order valence-electron chi connectivity index (χ3n) is 2.46. The topological polar surface area (TPSA) is 66.4 Å². The van der Waals surface area contributed by atoms with E-state index in [2.05, 4.69) is 21.2 Å². The lowest BCUT2D eigenvalue weighted by atomic mass is 10.1. The van der Waals surface area contributed by atoms with Gasteiger partial charge in [-0.2, -0.15) is 0 Å². The molecule has 1 aromatic rings. The number of halogens is 3. The Hall–Kier alpha value is -1.50. The third kappa shape index (κ3) is 4.59. The van der Waals surface area contributed by atoms with Gasteiger partial charge < -0.3 is 10.4 Å². The highest BCUT2D eigenvalue weighted by Gasteiger charge is 2.25. The number of hydrogen-bond acceptors (Lipinski definition) is 2. The molecule has 7 heteroatoms. The zero-order valence-corrected chi connectivity index (χ0v) is 11.6. The summed E-state index contributed by atoms with van der Waals surface area (Å²) in [5.41, 5.74) is 0.872. The number of carbonyl (C=O) groups is 2. The number of aliphatic carboxylic acids is 1. The molecule has 1 aromatic carbocycles. The molecule has 0 heterocycles. The standard InChI is InChI=1S/C12H12BrF2NO3/c1-6-2-3-7(13)4-8(6)11(17)16-9(12(18)19)5-10(14)15/h2-4,9-10H,5H2,1H3,(H,16,17)(H,18,19). The number of nitrogens with one attached hydrogen (secondary N) is 1. The van der Waals surface area contributed by atoms with Gasteiger partial charge in [0.05, 0.1) is 0 Å². The Bertz CT molecular complexity index is 494. The van der Waals surface area contributed by atoms with Crippen LogP contribution in [0.25, 0.3) is 0 Å². The number of hydrogen-bond donors (Lipinski definition) is 2. The molecule has 0 spiro atoms. The van der Waals surface area contributed by atoms with Crippen molar-refractivity contribution in [1.82, 2.24) is 5.32 Å². The van der Waals surface area contributed by atoms with Crippen molar-refractivity contribution >= 4 is 27.8 Å². The van der Waals surface area contributed by atoms with Crippen LogP contribution in [0.2, 0.25) is 0 Å². The number of rotatable bonds is 5. The van der Waals surface area contributed by atoms with Gasteiger partial charge >= 0.3 is 5.97 Å². The maximum atomic E-state index is 12.2. The fraction of sp³-hybridized carbons (Fsp3) is 0.333. The van der Waals surface area contributed by atoms with Crippen LogP contribution in [0, 0.1) is 6.92 Å². The number of carboxylic acids is 1. The normalized spacial score (nSPS) is 12.3. The molecule has 0 radical (unpaired) electrons. The van der Waals surface area contributed by atoms with Crippen molar-refractivity contribution in [1.29, 1.82) is 0 Å². The minimum absolute atomic E-state index is 0.245. The summed E-state index contributed by atoms with van der Waals surface area (Å²) < 4.78 is 25.1. The Morgan fingerprint density at radius 1 is 1.42 bits per heavy atom. The van der Waals surface area contributed by atoms with E-state index in [0.717, 1.165) is 0 Å². The van der Waals surface area contributed by atoms with E-state index in [0.29, 0.717) is 10.0 Å². The van der Waals surface area contributed by atoms with Gasteiger partial charge in [-0.3, -0.25) is 4.79 Å². The highest BCUT2D eigenvalue weighted by molar-refractivity contribution is 9.10. The molecule has 19 heavy (non-hydrogen) atoms. The summed E-state index contributed by atoms with van der Waals surface area (Å²) in [6.45, 7) is 1.67. The molecule has 2 N–H and O–H groups in total. The smallest absolute Gasteiger partial charge is 0.326 e. The number of aryl methyl sites for hydroxylation is 1. The molecule has 0 aliphatic rings. The summed E-state index contributed by atoms with van der Waals surface area (Å²) >= 11 is 3.18. The first-order valence-electron chi connectivity index (χ1n) is 5.39. The number of amides is 1. The van der Waals surface area contributed by atoms with Gasteiger partial charge in [0.25, 0.3) is 5.91 Å². The molecule has 0 aromatic heterocycles. The van der Waals surface area contributed by atoms with Crippen LogP contribution >= 0.6 is 15.9 Å². The average molecular weight is 336 g/mol. The Morgan fingerprint density at radius 3 is 2.58 bits per heavy atom. The van der Waals surface area contributed by atoms with Crippen LogP contribution in [0.3, 0.4) is 0 Å². The lowest BCUT2D eigenvalue weighted by Crippen LogP contribution is -2.42. The first-order chi connectivity index (χ1) is 8.81. The van der Waals surface area contributed by atoms with E-state index in [1.54, 1.807) is 19.1 Å². The molecule has 1 atom stereocenters. The quantitative estimate of drug-likeness (QED) is 0.869. The molecule has 0 saturated heterocycles. The zero-order valence-electron chi connectivity index (χ0n) is 9.99. The van der Waals surface area contributed by atoms with E-state index in [4.69, 9.17) is 5.11 Å². The molecule has 0 fully saturated rings. The second-order valence-corrected chi connectivity index (χ2v) is 4.87. The van der Waals surface area contributed by atoms with Gasteiger partial charge in [0.2, 0.25) is 6.43 Å². The van der Waals surface area contributed by atoms with E-state index in [1.807, 2.05) is 0 Å². The molecule has 0 bridgehead atoms. The van der Waals surface area contributed by atoms with E-state index in [9.17, 15) is 18.4 Å². The molecule has 4 nitrogen and oxygen atoms in total. The molecule has 1 amide bonds. The Balaban J connectivity index is 2.87. The minimum Gasteiger partial charge on any atom is -0.480 e. The first-order valence-corrected chi connectivity index (χ1v) is 6.18. The lowest BCUT2D eigenvalue weighted by Gasteiger charge is -2.15. The number of alkyl halides is 2. The van der Waals surface area contributed by atoms with Gasteiger partial charge in [0, 0.05) is 16.5 Å². The molecule has 0 aliphatic carbocycles. The number of benzene rings is 1. The van der Waals surface area contributed by atoms with Gasteiger partial charge in [-0.15, -0.1) is 0 Å². The number of carbonyl (C=O) groups excluding carboxylic acids is 1. The van der Waals surface area contributed by atoms with Crippen LogP contribution in [0.4, 0.5) is 8.78 Å². The largest absolute Gasteiger partial charge is 0.480 e. The number of carboxylic acid groups (broad SMARTS) is 1. The Kier molecular flexibility index (Phi) is 5.41. The van der Waals surface area contributed by atoms with Crippen LogP contribution in [-0.4, -0.2) is 29.5 Å². The molecule has 104 valence electrons. The van der Waals surface area contributed by atoms with E-state index in [-0.39, 0.29) is 5.56 Å². The second kappa shape index (κ2) is 6.60. The van der Waals surface area contributed by atoms with E-state index < -0.39 is 30.8 Å². The predicted molar refractivity (Wildman–Crippen MR) is 68.4 cm³/mol. The van der Waals surface area contributed by atoms with E-state index in [1.165, 1.54) is 6.07 Å². The Labute approximate surface area is 116 Å². The van der Waals surface area contributed by atoms with Crippen LogP contribution in [0.5, 0.6) is 0 Å². The second-order valence-electron chi connectivity index (χ2n) is 3.95. The summed E-state index contributed by atoms with van der Waals surface area (Å²) in [4.78, 5) is 22.7. The molecule has 0 aliphatic heterocycles. The van der Waals surface area contributed by atoms with Crippen molar-refractivity contribution < 1.29 is 23.5 Å². The molecular formula is C12H12BrF2NO3. The highest BCUT2D eigenvalue weighted by Crippen LogP contribution is 2.16. The SMILES string of the molecule is Cc1ccc(Br)cc1C(=O)NC(CC(F)F)C(=O)O. The Morgan fingerprint density at radius 2 is 2.05 bits per heavy atom. The molecule has 0 saturated carbocycles. The van der Waals surface area contributed by atoms with Crippen molar-refractivity contribution in [3.63, 3.8) is 0 Å². The highest BCUT2D eigenvalue weighted by atomic mass is 79.9. The van der Waals surface area contributed by atoms with Crippen molar-refractivity contribution in [2.45, 2.75) is 25.8 Å². The van der Waals surface area contributed by atoms with Crippen LogP contribution in [0.1, 0.15) is 22.3 Å². The maximum absolute atomic E-state index is 12.2. The molecule has 1 rings (SSSR count). The zero-order chi connectivity index (χ0) is 14.6. The van der Waals surface area contributed by atoms with Gasteiger partial charge in [-0.1, -0.05) is 22.0 Å². The van der Waals surface area contributed by atoms with Crippen molar-refractivity contribution in [2.75, 3.05) is 0 Å². The molecule has 1 unspecified atom stereocenters. The summed E-state index contributed by atoms with van der Waals surface area (Å²) in [6, 6.07) is 3.29. The third-order valence-corrected chi connectivity index (χ3v) is 2.95. The predicted octanol–water partition coefficient (Wildman–Crippen LogP) is 2.60. The summed E-state index contributed by atoms with van der Waals surface area (Å²) in [7, 11) is 0. The summed E-state index contributed by atoms with van der Waals surface area (Å²) in [5.74, 6) is -2.17. The summed E-state index contributed by atoms with van der Waals surface area (Å²) in [5, 5.41) is 10.9. The van der Waals surface area contributed by atoms with Crippen molar-refractivity contribution in [3.8, 4) is 0 Å². The van der Waals surface area contributed by atoms with Crippen molar-refractivity contribution in [3.05, 3.63) is 33.8 Å². The summed E-state index contributed by atoms with van der Waals surface area (Å²) in [6.07, 6.45) is -3.72. The lowest BCUT2D eigenvalue weighted by molar-refractivity contribution is -0.140.